The van der Waals surface area contributed by atoms with Crippen LogP contribution in [0.25, 0.3) is 0 Å². The Labute approximate surface area is 114 Å². The van der Waals surface area contributed by atoms with E-state index in [1.807, 2.05) is 0 Å². The minimum absolute atomic E-state index is 0.0576. The fourth-order valence-corrected chi connectivity index (χ4v) is 2.96. The normalized spacial score (nSPS) is 12.2. The van der Waals surface area contributed by atoms with Gasteiger partial charge in [0.2, 0.25) is 0 Å². The van der Waals surface area contributed by atoms with Crippen LogP contribution in [-0.2, 0) is 16.6 Å². The first kappa shape index (κ1) is 16.1. The Morgan fingerprint density at radius 2 is 2.11 bits per heavy atom. The second-order valence-electron chi connectivity index (χ2n) is 4.16. The highest BCUT2D eigenvalue weighted by molar-refractivity contribution is 7.89. The molecule has 0 saturated heterocycles. The largest absolute Gasteiger partial charge is 0.392 e. The topological polar surface area (TPSA) is 98.3 Å². The van der Waals surface area contributed by atoms with E-state index in [-0.39, 0.29) is 17.2 Å². The molecule has 8 heteroatoms. The number of nitrogens with one attached hydrogen (secondary N) is 2. The van der Waals surface area contributed by atoms with E-state index in [1.54, 1.807) is 0 Å². The molecule has 110 valence electrons. The third-order valence-electron chi connectivity index (χ3n) is 2.95. The standard InChI is InChI=1S/C11H22N4O3S/c1-3-15(4-2)7-5-6-13-19(17,18)11-10(9-16)8-12-14-11/h8,13,16H,3-7,9H2,1-2H3,(H,12,14). The zero-order valence-electron chi connectivity index (χ0n) is 11.4. The van der Waals surface area contributed by atoms with Gasteiger partial charge in [-0.1, -0.05) is 13.8 Å². The Bertz CT molecular complexity index is 468. The van der Waals surface area contributed by atoms with Crippen molar-refractivity contribution < 1.29 is 13.5 Å². The first-order chi connectivity index (χ1) is 9.05. The van der Waals surface area contributed by atoms with E-state index >= 15 is 0 Å². The fraction of sp³-hybridized carbons (Fsp3) is 0.727. The molecule has 0 aliphatic rings. The van der Waals surface area contributed by atoms with E-state index in [1.165, 1.54) is 6.20 Å². The molecular formula is C11H22N4O3S. The van der Waals surface area contributed by atoms with Crippen LogP contribution in [0.1, 0.15) is 25.8 Å². The number of hydrogen-bond donors (Lipinski definition) is 3. The van der Waals surface area contributed by atoms with Gasteiger partial charge in [0.05, 0.1) is 12.8 Å². The van der Waals surface area contributed by atoms with E-state index in [9.17, 15) is 8.42 Å². The maximum atomic E-state index is 11.9. The molecular weight excluding hydrogens is 268 g/mol. The third-order valence-corrected chi connectivity index (χ3v) is 4.43. The molecule has 0 atom stereocenters. The molecule has 0 radical (unpaired) electrons. The van der Waals surface area contributed by atoms with E-state index in [0.29, 0.717) is 6.54 Å². The Kier molecular flexibility index (Phi) is 6.43. The molecule has 0 fully saturated rings. The van der Waals surface area contributed by atoms with Crippen molar-refractivity contribution in [2.45, 2.75) is 31.9 Å². The molecule has 0 saturated carbocycles. The van der Waals surface area contributed by atoms with Crippen LogP contribution in [0.3, 0.4) is 0 Å². The molecule has 0 bridgehead atoms. The van der Waals surface area contributed by atoms with Crippen molar-refractivity contribution in [2.75, 3.05) is 26.2 Å². The molecule has 1 rings (SSSR count). The second kappa shape index (κ2) is 7.59. The van der Waals surface area contributed by atoms with Crippen LogP contribution in [-0.4, -0.2) is 54.8 Å². The Balaban J connectivity index is 2.48. The molecule has 0 aliphatic heterocycles. The fourth-order valence-electron chi connectivity index (χ4n) is 1.77. The van der Waals surface area contributed by atoms with Crippen molar-refractivity contribution in [2.24, 2.45) is 0 Å². The zero-order chi connectivity index (χ0) is 14.3. The van der Waals surface area contributed by atoms with E-state index in [0.717, 1.165) is 26.1 Å². The van der Waals surface area contributed by atoms with Gasteiger partial charge in [-0.3, -0.25) is 5.10 Å². The number of aromatic nitrogens is 2. The SMILES string of the molecule is CCN(CC)CCCNS(=O)(=O)c1[nH]ncc1CO. The van der Waals surface area contributed by atoms with Crippen molar-refractivity contribution in [3.8, 4) is 0 Å². The summed E-state index contributed by atoms with van der Waals surface area (Å²) in [7, 11) is -3.62. The summed E-state index contributed by atoms with van der Waals surface area (Å²) in [5.74, 6) is 0. The number of aliphatic hydroxyl groups is 1. The minimum Gasteiger partial charge on any atom is -0.392 e. The van der Waals surface area contributed by atoms with Gasteiger partial charge in [0.15, 0.2) is 5.03 Å². The Hall–Kier alpha value is -0.960. The number of aliphatic hydroxyl groups excluding tert-OH is 1. The number of H-pyrrole nitrogens is 1. The molecule has 0 aliphatic carbocycles. The highest BCUT2D eigenvalue weighted by atomic mass is 32.2. The molecule has 1 heterocycles. The summed E-state index contributed by atoms with van der Waals surface area (Å²) in [4.78, 5) is 2.23. The van der Waals surface area contributed by atoms with Crippen LogP contribution in [0.15, 0.2) is 11.2 Å². The summed E-state index contributed by atoms with van der Waals surface area (Å²) in [6.45, 7) is 6.93. The maximum Gasteiger partial charge on any atom is 0.257 e. The predicted molar refractivity (Wildman–Crippen MR) is 72.1 cm³/mol. The lowest BCUT2D eigenvalue weighted by atomic mass is 10.4. The third kappa shape index (κ3) is 4.57. The van der Waals surface area contributed by atoms with Gasteiger partial charge in [-0.15, -0.1) is 0 Å². The van der Waals surface area contributed by atoms with Crippen LogP contribution in [0.5, 0.6) is 0 Å². The van der Waals surface area contributed by atoms with Gasteiger partial charge >= 0.3 is 0 Å². The lowest BCUT2D eigenvalue weighted by molar-refractivity contribution is 0.278. The van der Waals surface area contributed by atoms with Crippen LogP contribution < -0.4 is 4.72 Å². The molecule has 0 unspecified atom stereocenters. The average Bonchev–Trinajstić information content (AvgIpc) is 2.88. The molecule has 0 amide bonds. The van der Waals surface area contributed by atoms with Gasteiger partial charge in [-0.25, -0.2) is 13.1 Å². The Morgan fingerprint density at radius 3 is 2.68 bits per heavy atom. The molecule has 0 spiro atoms. The molecule has 19 heavy (non-hydrogen) atoms. The van der Waals surface area contributed by atoms with Crippen molar-refractivity contribution in [3.63, 3.8) is 0 Å². The minimum atomic E-state index is -3.62. The molecule has 3 N–H and O–H groups in total. The summed E-state index contributed by atoms with van der Waals surface area (Å²) in [6, 6.07) is 0. The van der Waals surface area contributed by atoms with Crippen molar-refractivity contribution in [3.05, 3.63) is 11.8 Å². The lowest BCUT2D eigenvalue weighted by Gasteiger charge is -2.17. The molecule has 1 aromatic heterocycles. The van der Waals surface area contributed by atoms with E-state index in [4.69, 9.17) is 5.11 Å². The molecule has 7 nitrogen and oxygen atoms in total. The maximum absolute atomic E-state index is 11.9. The van der Waals surface area contributed by atoms with Crippen LogP contribution in [0.4, 0.5) is 0 Å². The first-order valence-electron chi connectivity index (χ1n) is 6.40. The van der Waals surface area contributed by atoms with E-state index < -0.39 is 10.0 Å². The van der Waals surface area contributed by atoms with Crippen LogP contribution >= 0.6 is 0 Å². The summed E-state index contributed by atoms with van der Waals surface area (Å²) >= 11 is 0. The van der Waals surface area contributed by atoms with Crippen molar-refractivity contribution >= 4 is 10.0 Å². The van der Waals surface area contributed by atoms with Crippen molar-refractivity contribution in [1.82, 2.24) is 19.8 Å². The first-order valence-corrected chi connectivity index (χ1v) is 7.88. The van der Waals surface area contributed by atoms with Crippen LogP contribution in [0.2, 0.25) is 0 Å². The van der Waals surface area contributed by atoms with Gasteiger partial charge in [0.25, 0.3) is 10.0 Å². The van der Waals surface area contributed by atoms with Gasteiger partial charge < -0.3 is 10.0 Å². The van der Waals surface area contributed by atoms with Gasteiger partial charge in [-0.2, -0.15) is 5.10 Å². The van der Waals surface area contributed by atoms with Crippen molar-refractivity contribution in [1.29, 1.82) is 0 Å². The Morgan fingerprint density at radius 1 is 1.42 bits per heavy atom. The van der Waals surface area contributed by atoms with Crippen LogP contribution in [0, 0.1) is 0 Å². The smallest absolute Gasteiger partial charge is 0.257 e. The number of sulfonamides is 1. The number of hydrogen-bond acceptors (Lipinski definition) is 5. The lowest BCUT2D eigenvalue weighted by Crippen LogP contribution is -2.30. The summed E-state index contributed by atoms with van der Waals surface area (Å²) < 4.78 is 26.4. The van der Waals surface area contributed by atoms with E-state index in [2.05, 4.69) is 33.7 Å². The summed E-state index contributed by atoms with van der Waals surface area (Å²) in [5.41, 5.74) is 0.274. The zero-order valence-corrected chi connectivity index (χ0v) is 12.2. The highest BCUT2D eigenvalue weighted by Gasteiger charge is 2.19. The number of nitrogens with zero attached hydrogens (tertiary/aromatic N) is 2. The summed E-state index contributed by atoms with van der Waals surface area (Å²) in [6.07, 6.45) is 2.05. The monoisotopic (exact) mass is 290 g/mol. The second-order valence-corrected chi connectivity index (χ2v) is 5.86. The quantitative estimate of drug-likeness (QED) is 0.552. The average molecular weight is 290 g/mol. The molecule has 0 aromatic carbocycles. The number of aromatic amines is 1. The van der Waals surface area contributed by atoms with Gasteiger partial charge in [-0.05, 0) is 26.1 Å². The summed E-state index contributed by atoms with van der Waals surface area (Å²) in [5, 5.41) is 15.0. The predicted octanol–water partition coefficient (Wildman–Crippen LogP) is -0.0878. The number of rotatable bonds is 9. The van der Waals surface area contributed by atoms with Gasteiger partial charge in [0, 0.05) is 12.1 Å². The molecule has 1 aromatic rings. The highest BCUT2D eigenvalue weighted by Crippen LogP contribution is 2.11. The van der Waals surface area contributed by atoms with Gasteiger partial charge in [0.1, 0.15) is 0 Å².